The van der Waals surface area contributed by atoms with Crippen LogP contribution in [0.2, 0.25) is 0 Å². The molecule has 0 bridgehead atoms. The van der Waals surface area contributed by atoms with Crippen molar-refractivity contribution in [2.75, 3.05) is 11.9 Å². The zero-order valence-electron chi connectivity index (χ0n) is 11.3. The molecule has 104 valence electrons. The highest BCUT2D eigenvalue weighted by Gasteiger charge is 2.18. The lowest BCUT2D eigenvalue weighted by atomic mass is 10.1. The van der Waals surface area contributed by atoms with Gasteiger partial charge in [-0.3, -0.25) is 0 Å². The van der Waals surface area contributed by atoms with Gasteiger partial charge >= 0.3 is 0 Å². The Morgan fingerprint density at radius 1 is 1.32 bits per heavy atom. The summed E-state index contributed by atoms with van der Waals surface area (Å²) in [6, 6.07) is 6.92. The molecule has 0 amide bonds. The summed E-state index contributed by atoms with van der Waals surface area (Å²) in [5, 5.41) is 3.20. The summed E-state index contributed by atoms with van der Waals surface area (Å²) in [6.07, 6.45) is 6.70. The molecule has 0 aliphatic heterocycles. The Kier molecular flexibility index (Phi) is 5.87. The van der Waals surface area contributed by atoms with Gasteiger partial charge in [-0.1, -0.05) is 26.0 Å². The maximum absolute atomic E-state index is 12.1. The van der Waals surface area contributed by atoms with E-state index in [-0.39, 0.29) is 10.9 Å². The second-order valence-corrected chi connectivity index (χ2v) is 5.89. The number of anilines is 1. The van der Waals surface area contributed by atoms with Gasteiger partial charge in [-0.05, 0) is 18.6 Å². The molecule has 1 atom stereocenters. The number of nitrogens with one attached hydrogen (secondary N) is 2. The van der Waals surface area contributed by atoms with Gasteiger partial charge in [0.1, 0.15) is 4.90 Å². The van der Waals surface area contributed by atoms with Crippen LogP contribution in [0.15, 0.2) is 29.2 Å². The summed E-state index contributed by atoms with van der Waals surface area (Å²) in [5.74, 6) is 2.59. The molecule has 0 saturated carbocycles. The van der Waals surface area contributed by atoms with E-state index in [1.807, 2.05) is 6.92 Å². The number of benzene rings is 1. The molecule has 19 heavy (non-hydrogen) atoms. The molecule has 1 rings (SSSR count). The molecule has 2 N–H and O–H groups in total. The third-order valence-electron chi connectivity index (χ3n) is 2.73. The van der Waals surface area contributed by atoms with Crippen LogP contribution in [0.1, 0.15) is 26.7 Å². The van der Waals surface area contributed by atoms with Crippen molar-refractivity contribution in [2.45, 2.75) is 37.6 Å². The van der Waals surface area contributed by atoms with Gasteiger partial charge in [0.15, 0.2) is 0 Å². The summed E-state index contributed by atoms with van der Waals surface area (Å²) in [4.78, 5) is 0.257. The normalized spacial score (nSPS) is 12.7. The minimum absolute atomic E-state index is 0.0722. The van der Waals surface area contributed by atoms with Gasteiger partial charge in [-0.2, -0.15) is 0 Å². The topological polar surface area (TPSA) is 58.2 Å². The molecule has 1 unspecified atom stereocenters. The van der Waals surface area contributed by atoms with Crippen LogP contribution >= 0.6 is 0 Å². The zero-order valence-corrected chi connectivity index (χ0v) is 12.1. The number of hydrogen-bond donors (Lipinski definition) is 2. The van der Waals surface area contributed by atoms with Gasteiger partial charge in [-0.15, -0.1) is 12.3 Å². The molecule has 4 nitrogen and oxygen atoms in total. The molecule has 0 aliphatic rings. The van der Waals surface area contributed by atoms with Crippen LogP contribution in [0.25, 0.3) is 0 Å². The summed E-state index contributed by atoms with van der Waals surface area (Å²) < 4.78 is 26.7. The lowest BCUT2D eigenvalue weighted by Crippen LogP contribution is -2.26. The monoisotopic (exact) mass is 280 g/mol. The van der Waals surface area contributed by atoms with Crippen LogP contribution in [-0.2, 0) is 10.0 Å². The van der Waals surface area contributed by atoms with Crippen molar-refractivity contribution in [3.05, 3.63) is 24.3 Å². The SMILES string of the molecule is C#CCC(CC)Nc1ccccc1S(=O)(=O)NCC. The van der Waals surface area contributed by atoms with E-state index in [0.717, 1.165) is 6.42 Å². The molecule has 0 radical (unpaired) electrons. The lowest BCUT2D eigenvalue weighted by molar-refractivity contribution is 0.584. The van der Waals surface area contributed by atoms with Crippen molar-refractivity contribution in [3.8, 4) is 12.3 Å². The maximum Gasteiger partial charge on any atom is 0.242 e. The molecule has 5 heteroatoms. The summed E-state index contributed by atoms with van der Waals surface area (Å²) in [6.45, 7) is 4.12. The second-order valence-electron chi connectivity index (χ2n) is 4.16. The number of rotatable bonds is 7. The smallest absolute Gasteiger partial charge is 0.242 e. The standard InChI is InChI=1S/C14H20N2O2S/c1-4-9-12(5-2)16-13-10-7-8-11-14(13)19(17,18)15-6-3/h1,7-8,10-12,15-16H,5-6,9H2,2-3H3. The van der Waals surface area contributed by atoms with Gasteiger partial charge in [0.25, 0.3) is 0 Å². The number of para-hydroxylation sites is 1. The fourth-order valence-corrected chi connectivity index (χ4v) is 2.96. The molecule has 0 aliphatic carbocycles. The van der Waals surface area contributed by atoms with Crippen LogP contribution in [-0.4, -0.2) is 21.0 Å². The lowest BCUT2D eigenvalue weighted by Gasteiger charge is -2.18. The minimum Gasteiger partial charge on any atom is -0.380 e. The van der Waals surface area contributed by atoms with Crippen molar-refractivity contribution in [1.29, 1.82) is 0 Å². The first-order valence-electron chi connectivity index (χ1n) is 6.33. The summed E-state index contributed by atoms with van der Waals surface area (Å²) in [5.41, 5.74) is 0.588. The van der Waals surface area contributed by atoms with Gasteiger partial charge in [0, 0.05) is 19.0 Å². The second kappa shape index (κ2) is 7.17. The van der Waals surface area contributed by atoms with E-state index in [0.29, 0.717) is 18.7 Å². The number of sulfonamides is 1. The maximum atomic E-state index is 12.1. The Hall–Kier alpha value is -1.51. The molecule has 0 fully saturated rings. The van der Waals surface area contributed by atoms with E-state index in [2.05, 4.69) is 16.0 Å². The van der Waals surface area contributed by atoms with Gasteiger partial charge in [-0.25, -0.2) is 13.1 Å². The van der Waals surface area contributed by atoms with Gasteiger partial charge < -0.3 is 5.32 Å². The molecular weight excluding hydrogens is 260 g/mol. The Morgan fingerprint density at radius 2 is 2.00 bits per heavy atom. The fourth-order valence-electron chi connectivity index (χ4n) is 1.75. The van der Waals surface area contributed by atoms with Crippen LogP contribution in [0.4, 0.5) is 5.69 Å². The van der Waals surface area contributed by atoms with E-state index in [4.69, 9.17) is 6.42 Å². The Labute approximate surface area is 115 Å². The van der Waals surface area contributed by atoms with E-state index in [1.165, 1.54) is 0 Å². The Balaban J connectivity index is 3.06. The van der Waals surface area contributed by atoms with Crippen LogP contribution in [0.3, 0.4) is 0 Å². The first kappa shape index (κ1) is 15.5. The first-order chi connectivity index (χ1) is 9.05. The van der Waals surface area contributed by atoms with E-state index in [9.17, 15) is 8.42 Å². The summed E-state index contributed by atoms with van der Waals surface area (Å²) in [7, 11) is -3.47. The van der Waals surface area contributed by atoms with Crippen LogP contribution in [0.5, 0.6) is 0 Å². The average molecular weight is 280 g/mol. The predicted octanol–water partition coefficient (Wildman–Crippen LogP) is 2.20. The van der Waals surface area contributed by atoms with Crippen LogP contribution in [0, 0.1) is 12.3 Å². The molecule has 0 spiro atoms. The van der Waals surface area contributed by atoms with E-state index in [1.54, 1.807) is 31.2 Å². The van der Waals surface area contributed by atoms with Gasteiger partial charge in [0.2, 0.25) is 10.0 Å². The predicted molar refractivity (Wildman–Crippen MR) is 78.5 cm³/mol. The van der Waals surface area contributed by atoms with Crippen molar-refractivity contribution in [2.24, 2.45) is 0 Å². The molecule has 1 aromatic rings. The van der Waals surface area contributed by atoms with Crippen molar-refractivity contribution >= 4 is 15.7 Å². The molecule has 0 saturated heterocycles. The summed E-state index contributed by atoms with van der Waals surface area (Å²) >= 11 is 0. The molecular formula is C14H20N2O2S. The Morgan fingerprint density at radius 3 is 2.58 bits per heavy atom. The third-order valence-corrected chi connectivity index (χ3v) is 4.33. The van der Waals surface area contributed by atoms with Crippen molar-refractivity contribution in [3.63, 3.8) is 0 Å². The minimum atomic E-state index is -3.47. The average Bonchev–Trinajstić information content (AvgIpc) is 2.38. The number of terminal acetylenes is 1. The zero-order chi connectivity index (χ0) is 14.3. The fraction of sp³-hybridized carbons (Fsp3) is 0.429. The Bertz CT molecular complexity index is 547. The molecule has 1 aromatic carbocycles. The quantitative estimate of drug-likeness (QED) is 0.753. The first-order valence-corrected chi connectivity index (χ1v) is 7.82. The van der Waals surface area contributed by atoms with Crippen molar-refractivity contribution < 1.29 is 8.42 Å². The molecule has 0 aromatic heterocycles. The largest absolute Gasteiger partial charge is 0.380 e. The van der Waals surface area contributed by atoms with Crippen molar-refractivity contribution in [1.82, 2.24) is 4.72 Å². The number of hydrogen-bond acceptors (Lipinski definition) is 3. The van der Waals surface area contributed by atoms with Crippen LogP contribution < -0.4 is 10.0 Å². The highest BCUT2D eigenvalue weighted by molar-refractivity contribution is 7.89. The van der Waals surface area contributed by atoms with E-state index < -0.39 is 10.0 Å². The highest BCUT2D eigenvalue weighted by atomic mass is 32.2. The third kappa shape index (κ3) is 4.27. The molecule has 0 heterocycles. The van der Waals surface area contributed by atoms with E-state index >= 15 is 0 Å². The highest BCUT2D eigenvalue weighted by Crippen LogP contribution is 2.22. The van der Waals surface area contributed by atoms with Gasteiger partial charge in [0.05, 0.1) is 5.69 Å².